The molecule has 168 valence electrons. The normalized spacial score (nSPS) is 16.6. The number of allylic oxidation sites excluding steroid dienone is 2. The number of aromatic nitrogens is 2. The number of fused-ring (bicyclic) bond motifs is 1. The average Bonchev–Trinajstić information content (AvgIpc) is 3.33. The maximum Gasteiger partial charge on any atom is 0.323 e. The summed E-state index contributed by atoms with van der Waals surface area (Å²) >= 11 is 7.83. The van der Waals surface area contributed by atoms with Gasteiger partial charge in [0.15, 0.2) is 0 Å². The second-order valence-electron chi connectivity index (χ2n) is 7.91. The molecule has 0 aliphatic heterocycles. The molecule has 0 radical (unpaired) electrons. The fraction of sp³-hybridized carbons (Fsp3) is 0.261. The Balaban J connectivity index is 1.66. The Kier molecular flexibility index (Phi) is 6.29. The zero-order valence-electron chi connectivity index (χ0n) is 17.6. The van der Waals surface area contributed by atoms with Gasteiger partial charge in [0, 0.05) is 50.3 Å². The summed E-state index contributed by atoms with van der Waals surface area (Å²) < 4.78 is 29.2. The van der Waals surface area contributed by atoms with Crippen LogP contribution in [-0.4, -0.2) is 38.5 Å². The third-order valence-corrected chi connectivity index (χ3v) is 8.41. The molecule has 1 aliphatic carbocycles. The standard InChI is InChI=1S/C23H23ClN2O4S2/c1-15(2)31-18-4-6-19(7-5-18)32(29,30)26-10-9-16(12-26)21-13-25(14-23(27)28)22-11-17(24)3-8-20(21)22/h3-6,8-13,15,19H,7,14H2,1-2H3,(H,27,28). The van der Waals surface area contributed by atoms with E-state index in [4.69, 9.17) is 11.6 Å². The Morgan fingerprint density at radius 3 is 2.72 bits per heavy atom. The summed E-state index contributed by atoms with van der Waals surface area (Å²) in [5.41, 5.74) is 2.12. The van der Waals surface area contributed by atoms with E-state index >= 15 is 0 Å². The third-order valence-electron chi connectivity index (χ3n) is 5.20. The van der Waals surface area contributed by atoms with Crippen molar-refractivity contribution >= 4 is 50.3 Å². The summed E-state index contributed by atoms with van der Waals surface area (Å²) in [6.45, 7) is 3.99. The summed E-state index contributed by atoms with van der Waals surface area (Å²) in [4.78, 5) is 12.4. The van der Waals surface area contributed by atoms with Gasteiger partial charge in [-0.25, -0.2) is 8.42 Å². The molecule has 0 fully saturated rings. The second kappa shape index (κ2) is 8.84. The molecule has 1 N–H and O–H groups in total. The molecule has 2 heterocycles. The molecule has 0 amide bonds. The van der Waals surface area contributed by atoms with Crippen molar-refractivity contribution in [2.24, 2.45) is 0 Å². The smallest absolute Gasteiger partial charge is 0.323 e. The number of carbonyl (C=O) groups is 1. The zero-order valence-corrected chi connectivity index (χ0v) is 20.0. The van der Waals surface area contributed by atoms with Crippen molar-refractivity contribution < 1.29 is 18.3 Å². The lowest BCUT2D eigenvalue weighted by Crippen LogP contribution is -2.25. The first-order valence-electron chi connectivity index (χ1n) is 10.1. The number of carboxylic acids is 1. The van der Waals surface area contributed by atoms with E-state index in [9.17, 15) is 18.3 Å². The quantitative estimate of drug-likeness (QED) is 0.481. The number of halogens is 1. The molecule has 0 bridgehead atoms. The number of hydrogen-bond acceptors (Lipinski definition) is 4. The van der Waals surface area contributed by atoms with Crippen LogP contribution in [0.4, 0.5) is 0 Å². The van der Waals surface area contributed by atoms with Gasteiger partial charge in [0.05, 0.1) is 5.52 Å². The lowest BCUT2D eigenvalue weighted by Gasteiger charge is -2.18. The van der Waals surface area contributed by atoms with Crippen molar-refractivity contribution in [1.82, 2.24) is 8.54 Å². The van der Waals surface area contributed by atoms with Gasteiger partial charge in [-0.1, -0.05) is 49.7 Å². The van der Waals surface area contributed by atoms with Crippen LogP contribution in [0.5, 0.6) is 0 Å². The van der Waals surface area contributed by atoms with Gasteiger partial charge >= 0.3 is 5.97 Å². The van der Waals surface area contributed by atoms with Crippen LogP contribution in [0.15, 0.2) is 66.0 Å². The van der Waals surface area contributed by atoms with Gasteiger partial charge in [0.1, 0.15) is 11.8 Å². The third kappa shape index (κ3) is 4.53. The van der Waals surface area contributed by atoms with Crippen LogP contribution in [0.2, 0.25) is 5.02 Å². The average molecular weight is 491 g/mol. The first kappa shape index (κ1) is 22.8. The molecule has 1 atom stereocenters. The van der Waals surface area contributed by atoms with Gasteiger partial charge in [-0.15, -0.1) is 11.8 Å². The largest absolute Gasteiger partial charge is 0.480 e. The zero-order chi connectivity index (χ0) is 23.0. The molecule has 0 saturated heterocycles. The Labute approximate surface area is 196 Å². The number of rotatable bonds is 7. The van der Waals surface area contributed by atoms with Gasteiger partial charge in [0.2, 0.25) is 10.0 Å². The SMILES string of the molecule is CC(C)SC1=CCC(S(=O)(=O)n2ccc(-c3cn(CC(=O)O)c4cc(Cl)ccc34)c2)C=C1. The summed E-state index contributed by atoms with van der Waals surface area (Å²) in [7, 11) is -3.62. The van der Waals surface area contributed by atoms with Gasteiger partial charge in [-0.2, -0.15) is 0 Å². The molecular formula is C23H23ClN2O4S2. The maximum atomic E-state index is 13.2. The summed E-state index contributed by atoms with van der Waals surface area (Å²) in [5.74, 6) is -0.972. The molecule has 6 nitrogen and oxygen atoms in total. The molecule has 0 saturated carbocycles. The van der Waals surface area contributed by atoms with Crippen molar-refractivity contribution in [1.29, 1.82) is 0 Å². The van der Waals surface area contributed by atoms with E-state index in [-0.39, 0.29) is 6.54 Å². The first-order valence-corrected chi connectivity index (χ1v) is 12.9. The number of thioether (sulfide) groups is 1. The Morgan fingerprint density at radius 2 is 2.06 bits per heavy atom. The predicted octanol–water partition coefficient (Wildman–Crippen LogP) is 5.38. The number of carboxylic acid groups (broad SMARTS) is 1. The molecular weight excluding hydrogens is 468 g/mol. The van der Waals surface area contributed by atoms with E-state index in [0.29, 0.717) is 27.8 Å². The van der Waals surface area contributed by atoms with Crippen LogP contribution in [0.3, 0.4) is 0 Å². The van der Waals surface area contributed by atoms with Crippen LogP contribution in [0.1, 0.15) is 20.3 Å². The fourth-order valence-electron chi connectivity index (χ4n) is 3.78. The van der Waals surface area contributed by atoms with E-state index in [2.05, 4.69) is 13.8 Å². The Hall–Kier alpha value is -2.42. The van der Waals surface area contributed by atoms with Crippen molar-refractivity contribution in [3.63, 3.8) is 0 Å². The van der Waals surface area contributed by atoms with E-state index in [0.717, 1.165) is 15.9 Å². The number of aliphatic carboxylic acids is 1. The Morgan fingerprint density at radius 1 is 1.28 bits per heavy atom. The molecule has 1 aliphatic rings. The molecule has 32 heavy (non-hydrogen) atoms. The molecule has 1 aromatic carbocycles. The minimum Gasteiger partial charge on any atom is -0.480 e. The van der Waals surface area contributed by atoms with Crippen LogP contribution in [-0.2, 0) is 21.4 Å². The van der Waals surface area contributed by atoms with Gasteiger partial charge in [-0.05, 0) is 24.6 Å². The second-order valence-corrected chi connectivity index (χ2v) is 12.1. The molecule has 0 spiro atoms. The topological polar surface area (TPSA) is 81.3 Å². The maximum absolute atomic E-state index is 13.2. The van der Waals surface area contributed by atoms with Crippen molar-refractivity contribution in [3.05, 3.63) is 71.0 Å². The van der Waals surface area contributed by atoms with Crippen molar-refractivity contribution in [3.8, 4) is 11.1 Å². The van der Waals surface area contributed by atoms with Crippen LogP contribution < -0.4 is 0 Å². The molecule has 2 aromatic heterocycles. The van der Waals surface area contributed by atoms with Gasteiger partial charge in [-0.3, -0.25) is 8.77 Å². The van der Waals surface area contributed by atoms with Crippen LogP contribution in [0, 0.1) is 0 Å². The van der Waals surface area contributed by atoms with Crippen molar-refractivity contribution in [2.45, 2.75) is 37.3 Å². The minimum atomic E-state index is -3.62. The van der Waals surface area contributed by atoms with Crippen molar-refractivity contribution in [2.75, 3.05) is 0 Å². The van der Waals surface area contributed by atoms with E-state index in [1.807, 2.05) is 18.2 Å². The molecule has 9 heteroatoms. The van der Waals surface area contributed by atoms with Gasteiger partial charge < -0.3 is 9.67 Å². The van der Waals surface area contributed by atoms with E-state index in [1.54, 1.807) is 53.0 Å². The van der Waals surface area contributed by atoms with E-state index in [1.165, 1.54) is 10.2 Å². The molecule has 4 rings (SSSR count). The highest BCUT2D eigenvalue weighted by Gasteiger charge is 2.26. The fourth-order valence-corrected chi connectivity index (χ4v) is 6.26. The first-order chi connectivity index (χ1) is 15.1. The highest BCUT2D eigenvalue weighted by molar-refractivity contribution is 8.03. The highest BCUT2D eigenvalue weighted by atomic mass is 35.5. The monoisotopic (exact) mass is 490 g/mol. The van der Waals surface area contributed by atoms with E-state index < -0.39 is 21.2 Å². The highest BCUT2D eigenvalue weighted by Crippen LogP contribution is 2.34. The summed E-state index contributed by atoms with van der Waals surface area (Å²) in [6, 6.07) is 7.00. The number of benzene rings is 1. The van der Waals surface area contributed by atoms with Gasteiger partial charge in [0.25, 0.3) is 0 Å². The minimum absolute atomic E-state index is 0.216. The number of nitrogens with zero attached hydrogens (tertiary/aromatic N) is 2. The summed E-state index contributed by atoms with van der Waals surface area (Å²) in [6.07, 6.45) is 10.9. The lowest BCUT2D eigenvalue weighted by atomic mass is 10.1. The van der Waals surface area contributed by atoms with Crippen LogP contribution in [0.25, 0.3) is 22.0 Å². The molecule has 1 unspecified atom stereocenters. The summed E-state index contributed by atoms with van der Waals surface area (Å²) in [5, 5.41) is 10.4. The lowest BCUT2D eigenvalue weighted by molar-refractivity contribution is -0.137. The number of hydrogen-bond donors (Lipinski definition) is 1. The Bertz CT molecular complexity index is 1350. The van der Waals surface area contributed by atoms with Crippen LogP contribution >= 0.6 is 23.4 Å². The predicted molar refractivity (Wildman–Crippen MR) is 131 cm³/mol. The molecule has 3 aromatic rings.